The predicted octanol–water partition coefficient (Wildman–Crippen LogP) is 1.26. The summed E-state index contributed by atoms with van der Waals surface area (Å²) in [5.41, 5.74) is 6.06. The Balaban J connectivity index is 1.45. The van der Waals surface area contributed by atoms with E-state index < -0.39 is 11.1 Å². The predicted molar refractivity (Wildman–Crippen MR) is 143 cm³/mol. The number of hydrazine groups is 1. The zero-order valence-electron chi connectivity index (χ0n) is 22.9. The van der Waals surface area contributed by atoms with E-state index in [-0.39, 0.29) is 17.9 Å². The molecule has 1 spiro atoms. The highest BCUT2D eigenvalue weighted by molar-refractivity contribution is 5.94. The molecule has 1 aromatic heterocycles. The van der Waals surface area contributed by atoms with Gasteiger partial charge in [-0.25, -0.2) is 9.78 Å². The Morgan fingerprint density at radius 1 is 1.18 bits per heavy atom. The van der Waals surface area contributed by atoms with Crippen LogP contribution in [0.25, 0.3) is 0 Å². The van der Waals surface area contributed by atoms with Gasteiger partial charge in [-0.2, -0.15) is 4.98 Å². The molecule has 2 aromatic rings. The van der Waals surface area contributed by atoms with Crippen molar-refractivity contribution in [2.45, 2.75) is 50.3 Å². The van der Waals surface area contributed by atoms with Crippen LogP contribution in [0.4, 0.5) is 10.7 Å². The summed E-state index contributed by atoms with van der Waals surface area (Å²) in [6.45, 7) is 6.10. The van der Waals surface area contributed by atoms with Gasteiger partial charge in [0.05, 0.1) is 26.3 Å². The molecule has 39 heavy (non-hydrogen) atoms. The number of amides is 3. The molecule has 12 nitrogen and oxygen atoms in total. The molecule has 3 aliphatic heterocycles. The molecule has 3 aliphatic rings. The molecule has 3 saturated heterocycles. The molecule has 0 bridgehead atoms. The number of rotatable bonds is 7. The first-order valence-electron chi connectivity index (χ1n) is 13.3. The molecule has 0 aliphatic carbocycles. The van der Waals surface area contributed by atoms with Gasteiger partial charge in [0.1, 0.15) is 11.4 Å². The molecule has 3 N–H and O–H groups in total. The number of aliphatic hydroxyl groups is 1. The van der Waals surface area contributed by atoms with Crippen molar-refractivity contribution in [2.75, 3.05) is 51.8 Å². The molecular weight excluding hydrogens is 502 g/mol. The Bertz CT molecular complexity index is 1220. The topological polar surface area (TPSA) is 132 Å². The molecule has 12 heteroatoms. The molecule has 4 heterocycles. The third-order valence-electron chi connectivity index (χ3n) is 7.93. The lowest BCUT2D eigenvalue weighted by molar-refractivity contribution is -0.150. The van der Waals surface area contributed by atoms with Crippen LogP contribution in [0, 0.1) is 0 Å². The van der Waals surface area contributed by atoms with E-state index in [0.29, 0.717) is 50.8 Å². The van der Waals surface area contributed by atoms with Crippen LogP contribution >= 0.6 is 0 Å². The van der Waals surface area contributed by atoms with Crippen LogP contribution in [0.3, 0.4) is 0 Å². The third kappa shape index (κ3) is 5.23. The van der Waals surface area contributed by atoms with Crippen LogP contribution in [-0.4, -0.2) is 94.9 Å². The van der Waals surface area contributed by atoms with Gasteiger partial charge in [0.2, 0.25) is 11.8 Å². The number of hydrogen-bond acceptors (Lipinski definition) is 9. The zero-order valence-corrected chi connectivity index (χ0v) is 22.9. The van der Waals surface area contributed by atoms with Crippen molar-refractivity contribution in [1.82, 2.24) is 30.6 Å². The van der Waals surface area contributed by atoms with E-state index in [0.717, 1.165) is 30.0 Å². The minimum atomic E-state index is -1.45. The lowest BCUT2D eigenvalue weighted by Crippen LogP contribution is -2.57. The Morgan fingerprint density at radius 3 is 2.54 bits per heavy atom. The van der Waals surface area contributed by atoms with Gasteiger partial charge in [0.15, 0.2) is 0 Å². The average molecular weight is 540 g/mol. The standard InChI is InChI=1S/C27H37N7O5/c1-26(2,37)23(35)32-10-8-27(9-11-32)17-33(25(36)34(27)16-18-6-5-7-20(12-18)38-3)24-28-15-21(22(31-24)39-4)19-13-29-30-14-19/h5-7,12,15,19,29-30,37H,8-11,13-14,16-17H2,1-4H3. The SMILES string of the molecule is COc1cccc(CN2C(=O)N(c3ncc(C4CNNC4)c(OC)n3)CC23CCN(C(=O)C(C)(C)O)CC3)c1. The third-order valence-corrected chi connectivity index (χ3v) is 7.93. The molecule has 3 amide bonds. The van der Waals surface area contributed by atoms with E-state index >= 15 is 0 Å². The number of aromatic nitrogens is 2. The van der Waals surface area contributed by atoms with E-state index in [1.165, 1.54) is 13.8 Å². The Hall–Kier alpha value is -3.48. The van der Waals surface area contributed by atoms with Crippen LogP contribution in [-0.2, 0) is 11.3 Å². The summed E-state index contributed by atoms with van der Waals surface area (Å²) in [6, 6.07) is 7.48. The fourth-order valence-electron chi connectivity index (χ4n) is 5.71. The summed E-state index contributed by atoms with van der Waals surface area (Å²) in [4.78, 5) is 41.2. The van der Waals surface area contributed by atoms with Crippen molar-refractivity contribution >= 4 is 17.9 Å². The molecule has 1 aromatic carbocycles. The van der Waals surface area contributed by atoms with Gasteiger partial charge in [-0.15, -0.1) is 0 Å². The van der Waals surface area contributed by atoms with Crippen molar-refractivity contribution in [3.63, 3.8) is 0 Å². The van der Waals surface area contributed by atoms with Crippen molar-refractivity contribution in [2.24, 2.45) is 0 Å². The summed E-state index contributed by atoms with van der Waals surface area (Å²) >= 11 is 0. The van der Waals surface area contributed by atoms with Crippen molar-refractivity contribution in [3.05, 3.63) is 41.6 Å². The van der Waals surface area contributed by atoms with Crippen LogP contribution in [0.5, 0.6) is 11.6 Å². The molecule has 0 radical (unpaired) electrons. The van der Waals surface area contributed by atoms with Crippen LogP contribution in [0.2, 0.25) is 0 Å². The number of ether oxygens (including phenoxy) is 2. The number of nitrogens with zero attached hydrogens (tertiary/aromatic N) is 5. The zero-order chi connectivity index (χ0) is 27.8. The highest BCUT2D eigenvalue weighted by atomic mass is 16.5. The number of nitrogens with one attached hydrogen (secondary N) is 2. The summed E-state index contributed by atoms with van der Waals surface area (Å²) in [7, 11) is 3.19. The summed E-state index contributed by atoms with van der Waals surface area (Å²) in [5.74, 6) is 1.32. The number of urea groups is 1. The van der Waals surface area contributed by atoms with E-state index in [1.54, 1.807) is 30.2 Å². The maximum Gasteiger partial charge on any atom is 0.327 e. The van der Waals surface area contributed by atoms with Gasteiger partial charge >= 0.3 is 6.03 Å². The smallest absolute Gasteiger partial charge is 0.327 e. The number of benzene rings is 1. The Morgan fingerprint density at radius 2 is 1.90 bits per heavy atom. The van der Waals surface area contributed by atoms with Gasteiger partial charge in [-0.3, -0.25) is 20.5 Å². The van der Waals surface area contributed by atoms with Gasteiger partial charge in [-0.1, -0.05) is 12.1 Å². The molecule has 0 atom stereocenters. The molecular formula is C27H37N7O5. The Labute approximate surface area is 228 Å². The fraction of sp³-hybridized carbons (Fsp3) is 0.556. The maximum atomic E-state index is 14.0. The highest BCUT2D eigenvalue weighted by Gasteiger charge is 2.53. The number of carbonyl (C=O) groups is 2. The number of likely N-dealkylation sites (tertiary alicyclic amines) is 1. The average Bonchev–Trinajstić information content (AvgIpc) is 3.56. The van der Waals surface area contributed by atoms with Crippen molar-refractivity contribution in [1.29, 1.82) is 0 Å². The largest absolute Gasteiger partial charge is 0.497 e. The number of anilines is 1. The summed E-state index contributed by atoms with van der Waals surface area (Å²) < 4.78 is 11.0. The number of carbonyl (C=O) groups excluding carboxylic acids is 2. The molecule has 210 valence electrons. The molecule has 5 rings (SSSR count). The van der Waals surface area contributed by atoms with Crippen molar-refractivity contribution < 1.29 is 24.2 Å². The Kier molecular flexibility index (Phi) is 7.36. The summed E-state index contributed by atoms with van der Waals surface area (Å²) in [6.07, 6.45) is 2.88. The highest BCUT2D eigenvalue weighted by Crippen LogP contribution is 2.40. The molecule has 0 unspecified atom stereocenters. The van der Waals surface area contributed by atoms with E-state index in [2.05, 4.69) is 20.8 Å². The lowest BCUT2D eigenvalue weighted by Gasteiger charge is -2.44. The van der Waals surface area contributed by atoms with Gasteiger partial charge < -0.3 is 24.4 Å². The number of hydrogen-bond donors (Lipinski definition) is 3. The fourth-order valence-corrected chi connectivity index (χ4v) is 5.71. The first-order valence-corrected chi connectivity index (χ1v) is 13.3. The quantitative estimate of drug-likeness (QED) is 0.476. The second-order valence-corrected chi connectivity index (χ2v) is 11.0. The normalized spacial score (nSPS) is 19.7. The van der Waals surface area contributed by atoms with Crippen LogP contribution < -0.4 is 25.2 Å². The second kappa shape index (κ2) is 10.6. The second-order valence-electron chi connectivity index (χ2n) is 11.0. The van der Waals surface area contributed by atoms with E-state index in [1.807, 2.05) is 29.2 Å². The summed E-state index contributed by atoms with van der Waals surface area (Å²) in [5, 5.41) is 10.3. The minimum absolute atomic E-state index is 0.164. The van der Waals surface area contributed by atoms with E-state index in [9.17, 15) is 14.7 Å². The lowest BCUT2D eigenvalue weighted by atomic mass is 9.85. The van der Waals surface area contributed by atoms with Crippen LogP contribution in [0.1, 0.15) is 43.7 Å². The van der Waals surface area contributed by atoms with Gasteiger partial charge in [0, 0.05) is 50.4 Å². The first-order chi connectivity index (χ1) is 18.6. The van der Waals surface area contributed by atoms with Gasteiger partial charge in [-0.05, 0) is 44.4 Å². The maximum absolute atomic E-state index is 14.0. The molecule has 3 fully saturated rings. The monoisotopic (exact) mass is 539 g/mol. The number of piperidine rings is 1. The van der Waals surface area contributed by atoms with E-state index in [4.69, 9.17) is 9.47 Å². The first kappa shape index (κ1) is 27.1. The van der Waals surface area contributed by atoms with Gasteiger partial charge in [0.25, 0.3) is 5.91 Å². The number of methoxy groups -OCH3 is 2. The minimum Gasteiger partial charge on any atom is -0.497 e. The molecule has 0 saturated carbocycles. The van der Waals surface area contributed by atoms with Crippen molar-refractivity contribution in [3.8, 4) is 11.6 Å². The van der Waals surface area contributed by atoms with Crippen LogP contribution in [0.15, 0.2) is 30.5 Å².